The number of nitrogens with one attached hydrogen (secondary N) is 1. The molecular formula is C19H30N2O. The Hall–Kier alpha value is -1.35. The fraction of sp³-hybridized carbons (Fsp3) is 0.632. The molecule has 3 nitrogen and oxygen atoms in total. The summed E-state index contributed by atoms with van der Waals surface area (Å²) in [4.78, 5) is 14.1. The lowest BCUT2D eigenvalue weighted by atomic mass is 9.89. The molecule has 1 saturated carbocycles. The van der Waals surface area contributed by atoms with Crippen molar-refractivity contribution < 1.29 is 4.79 Å². The van der Waals surface area contributed by atoms with Gasteiger partial charge >= 0.3 is 0 Å². The molecule has 1 aliphatic carbocycles. The smallest absolute Gasteiger partial charge is 0.234 e. The molecule has 0 spiro atoms. The fourth-order valence-corrected chi connectivity index (χ4v) is 3.20. The molecule has 0 radical (unpaired) electrons. The molecule has 1 fully saturated rings. The van der Waals surface area contributed by atoms with Crippen LogP contribution in [0.1, 0.15) is 50.2 Å². The van der Waals surface area contributed by atoms with Crippen LogP contribution in [0.25, 0.3) is 0 Å². The summed E-state index contributed by atoms with van der Waals surface area (Å²) in [6.07, 6.45) is 7.64. The van der Waals surface area contributed by atoms with Gasteiger partial charge in [0.05, 0.1) is 6.54 Å². The molecule has 0 unspecified atom stereocenters. The van der Waals surface area contributed by atoms with Gasteiger partial charge in [0.1, 0.15) is 0 Å². The van der Waals surface area contributed by atoms with Gasteiger partial charge in [0.25, 0.3) is 0 Å². The largest absolute Gasteiger partial charge is 0.355 e. The molecule has 3 heteroatoms. The Kier molecular flexibility index (Phi) is 6.91. The van der Waals surface area contributed by atoms with Gasteiger partial charge in [0.2, 0.25) is 5.91 Å². The highest BCUT2D eigenvalue weighted by atomic mass is 16.2. The van der Waals surface area contributed by atoms with E-state index in [2.05, 4.69) is 41.4 Å². The van der Waals surface area contributed by atoms with Crippen LogP contribution in [0.2, 0.25) is 0 Å². The van der Waals surface area contributed by atoms with E-state index in [9.17, 15) is 4.79 Å². The van der Waals surface area contributed by atoms with Crippen molar-refractivity contribution in [3.63, 3.8) is 0 Å². The monoisotopic (exact) mass is 302 g/mol. The average Bonchev–Trinajstić information content (AvgIpc) is 2.54. The molecule has 0 heterocycles. The van der Waals surface area contributed by atoms with Gasteiger partial charge in [-0.15, -0.1) is 0 Å². The Bertz CT molecular complexity index is 449. The number of aryl methyl sites for hydroxylation is 1. The SMILES string of the molecule is CCc1ccc(CN(C)CC(=O)NCC2CCCCC2)cc1. The van der Waals surface area contributed by atoms with Crippen molar-refractivity contribution in [1.29, 1.82) is 0 Å². The molecule has 1 amide bonds. The lowest BCUT2D eigenvalue weighted by Crippen LogP contribution is -2.37. The predicted octanol–water partition coefficient (Wildman–Crippen LogP) is 3.38. The molecule has 122 valence electrons. The number of likely N-dealkylation sites (N-methyl/N-ethyl adjacent to an activating group) is 1. The molecule has 0 bridgehead atoms. The summed E-state index contributed by atoms with van der Waals surface area (Å²) in [7, 11) is 2.01. The summed E-state index contributed by atoms with van der Waals surface area (Å²) >= 11 is 0. The molecule has 1 aliphatic rings. The van der Waals surface area contributed by atoms with Gasteiger partial charge in [-0.05, 0) is 43.4 Å². The Morgan fingerprint density at radius 3 is 2.41 bits per heavy atom. The molecule has 2 rings (SSSR count). The van der Waals surface area contributed by atoms with Crippen molar-refractivity contribution in [3.8, 4) is 0 Å². The number of carbonyl (C=O) groups is 1. The number of hydrogen-bond acceptors (Lipinski definition) is 2. The van der Waals surface area contributed by atoms with Crippen LogP contribution in [0, 0.1) is 5.92 Å². The second kappa shape index (κ2) is 8.94. The minimum absolute atomic E-state index is 0.151. The van der Waals surface area contributed by atoms with Crippen molar-refractivity contribution in [2.24, 2.45) is 5.92 Å². The van der Waals surface area contributed by atoms with E-state index >= 15 is 0 Å². The molecular weight excluding hydrogens is 272 g/mol. The Morgan fingerprint density at radius 2 is 1.77 bits per heavy atom. The van der Waals surface area contributed by atoms with Gasteiger partial charge in [0.15, 0.2) is 0 Å². The summed E-state index contributed by atoms with van der Waals surface area (Å²) in [5.74, 6) is 0.850. The summed E-state index contributed by atoms with van der Waals surface area (Å²) in [5, 5.41) is 3.11. The van der Waals surface area contributed by atoms with E-state index < -0.39 is 0 Å². The number of nitrogens with zero attached hydrogens (tertiary/aromatic N) is 1. The lowest BCUT2D eigenvalue weighted by molar-refractivity contribution is -0.122. The van der Waals surface area contributed by atoms with Crippen LogP contribution in [0.3, 0.4) is 0 Å². The zero-order valence-corrected chi connectivity index (χ0v) is 14.1. The van der Waals surface area contributed by atoms with E-state index in [1.807, 2.05) is 7.05 Å². The van der Waals surface area contributed by atoms with E-state index in [-0.39, 0.29) is 5.91 Å². The minimum atomic E-state index is 0.151. The summed E-state index contributed by atoms with van der Waals surface area (Å²) in [5.41, 5.74) is 2.62. The van der Waals surface area contributed by atoms with Gasteiger partial charge in [-0.3, -0.25) is 9.69 Å². The van der Waals surface area contributed by atoms with Crippen molar-refractivity contribution >= 4 is 5.91 Å². The number of rotatable bonds is 7. The van der Waals surface area contributed by atoms with Crippen LogP contribution in [0.5, 0.6) is 0 Å². The minimum Gasteiger partial charge on any atom is -0.355 e. The number of benzene rings is 1. The van der Waals surface area contributed by atoms with Crippen molar-refractivity contribution in [2.75, 3.05) is 20.1 Å². The molecule has 0 atom stereocenters. The van der Waals surface area contributed by atoms with E-state index in [0.29, 0.717) is 12.5 Å². The zero-order chi connectivity index (χ0) is 15.8. The third-order valence-electron chi connectivity index (χ3n) is 4.61. The molecule has 0 aliphatic heterocycles. The second-order valence-corrected chi connectivity index (χ2v) is 6.65. The average molecular weight is 302 g/mol. The standard InChI is InChI=1S/C19H30N2O/c1-3-16-9-11-18(12-10-16)14-21(2)15-19(22)20-13-17-7-5-4-6-8-17/h9-12,17H,3-8,13-15H2,1-2H3,(H,20,22). The topological polar surface area (TPSA) is 32.3 Å². The zero-order valence-electron chi connectivity index (χ0n) is 14.1. The van der Waals surface area contributed by atoms with Gasteiger partial charge in [-0.25, -0.2) is 0 Å². The number of hydrogen-bond donors (Lipinski definition) is 1. The van der Waals surface area contributed by atoms with Crippen LogP contribution in [0.15, 0.2) is 24.3 Å². The first-order chi connectivity index (χ1) is 10.7. The third-order valence-corrected chi connectivity index (χ3v) is 4.61. The van der Waals surface area contributed by atoms with Crippen LogP contribution in [-0.4, -0.2) is 30.9 Å². The quantitative estimate of drug-likeness (QED) is 0.837. The summed E-state index contributed by atoms with van der Waals surface area (Å²) < 4.78 is 0. The van der Waals surface area contributed by atoms with Gasteiger partial charge in [0, 0.05) is 13.1 Å². The molecule has 0 aromatic heterocycles. The predicted molar refractivity (Wildman–Crippen MR) is 91.7 cm³/mol. The maximum atomic E-state index is 12.0. The first kappa shape index (κ1) is 17.0. The first-order valence-electron chi connectivity index (χ1n) is 8.70. The highest BCUT2D eigenvalue weighted by molar-refractivity contribution is 5.77. The van der Waals surface area contributed by atoms with Crippen molar-refractivity contribution in [3.05, 3.63) is 35.4 Å². The van der Waals surface area contributed by atoms with Gasteiger partial charge in [-0.1, -0.05) is 50.5 Å². The van der Waals surface area contributed by atoms with Crippen LogP contribution in [-0.2, 0) is 17.8 Å². The molecule has 1 N–H and O–H groups in total. The highest BCUT2D eigenvalue weighted by Crippen LogP contribution is 2.22. The fourth-order valence-electron chi connectivity index (χ4n) is 3.20. The van der Waals surface area contributed by atoms with E-state index in [0.717, 1.165) is 19.5 Å². The van der Waals surface area contributed by atoms with Crippen LogP contribution in [0.4, 0.5) is 0 Å². The molecule has 0 saturated heterocycles. The van der Waals surface area contributed by atoms with Crippen molar-refractivity contribution in [2.45, 2.75) is 52.0 Å². The van der Waals surface area contributed by atoms with Gasteiger partial charge < -0.3 is 5.32 Å². The molecule has 1 aromatic carbocycles. The van der Waals surface area contributed by atoms with E-state index in [1.165, 1.54) is 43.2 Å². The van der Waals surface area contributed by atoms with E-state index in [1.54, 1.807) is 0 Å². The summed E-state index contributed by atoms with van der Waals surface area (Å²) in [6.45, 7) is 4.32. The number of carbonyl (C=O) groups excluding carboxylic acids is 1. The lowest BCUT2D eigenvalue weighted by Gasteiger charge is -2.22. The Labute approximate surface area is 135 Å². The normalized spacial score (nSPS) is 16.0. The highest BCUT2D eigenvalue weighted by Gasteiger charge is 2.14. The van der Waals surface area contributed by atoms with E-state index in [4.69, 9.17) is 0 Å². The molecule has 1 aromatic rings. The van der Waals surface area contributed by atoms with Crippen LogP contribution < -0.4 is 5.32 Å². The maximum absolute atomic E-state index is 12.0. The Balaban J connectivity index is 1.68. The first-order valence-corrected chi connectivity index (χ1v) is 8.70. The maximum Gasteiger partial charge on any atom is 0.234 e. The Morgan fingerprint density at radius 1 is 1.14 bits per heavy atom. The summed E-state index contributed by atoms with van der Waals surface area (Å²) in [6, 6.07) is 8.67. The van der Waals surface area contributed by atoms with Gasteiger partial charge in [-0.2, -0.15) is 0 Å². The van der Waals surface area contributed by atoms with Crippen molar-refractivity contribution in [1.82, 2.24) is 10.2 Å². The third kappa shape index (κ3) is 5.80. The molecule has 22 heavy (non-hydrogen) atoms. The van der Waals surface area contributed by atoms with Crippen LogP contribution >= 0.6 is 0 Å². The number of amides is 1. The second-order valence-electron chi connectivity index (χ2n) is 6.65.